The first-order chi connectivity index (χ1) is 14.5. The molecule has 0 spiro atoms. The molecule has 3 rings (SSSR count). The number of pyridine rings is 1. The first-order valence-corrected chi connectivity index (χ1v) is 11.0. The lowest BCUT2D eigenvalue weighted by Gasteiger charge is -2.39. The summed E-state index contributed by atoms with van der Waals surface area (Å²) >= 11 is 0. The Labute approximate surface area is 186 Å². The second-order valence-corrected chi connectivity index (χ2v) is 10.3. The predicted molar refractivity (Wildman–Crippen MR) is 118 cm³/mol. The summed E-state index contributed by atoms with van der Waals surface area (Å²) in [4.78, 5) is 4.38. The molecule has 0 bridgehead atoms. The van der Waals surface area contributed by atoms with Crippen LogP contribution < -0.4 is 4.74 Å². The number of rotatable bonds is 7. The van der Waals surface area contributed by atoms with Crippen LogP contribution in [-0.4, -0.2) is 47.2 Å². The molecule has 0 amide bonds. The van der Waals surface area contributed by atoms with E-state index in [0.717, 1.165) is 25.7 Å². The third kappa shape index (κ3) is 7.51. The maximum absolute atomic E-state index is 9.53. The van der Waals surface area contributed by atoms with Crippen molar-refractivity contribution >= 4 is 0 Å². The Hall–Kier alpha value is -2.12. The van der Waals surface area contributed by atoms with E-state index in [0.29, 0.717) is 30.2 Å². The van der Waals surface area contributed by atoms with Crippen LogP contribution in [-0.2, 0) is 14.2 Å². The zero-order valence-electron chi connectivity index (χ0n) is 19.6. The minimum Gasteiger partial charge on any atom is -0.487 e. The van der Waals surface area contributed by atoms with E-state index in [9.17, 15) is 5.26 Å². The van der Waals surface area contributed by atoms with E-state index in [-0.39, 0.29) is 23.4 Å². The second kappa shape index (κ2) is 9.17. The van der Waals surface area contributed by atoms with E-state index in [1.54, 1.807) is 12.3 Å². The minimum absolute atomic E-state index is 0.0524. The van der Waals surface area contributed by atoms with Gasteiger partial charge >= 0.3 is 0 Å². The molecule has 1 aromatic rings. The summed E-state index contributed by atoms with van der Waals surface area (Å²) in [5, 5.41) is 9.53. The molecule has 31 heavy (non-hydrogen) atoms. The number of nitriles is 1. The van der Waals surface area contributed by atoms with Gasteiger partial charge in [0, 0.05) is 12.8 Å². The Kier molecular flexibility index (Phi) is 6.96. The van der Waals surface area contributed by atoms with Crippen molar-refractivity contribution in [3.63, 3.8) is 0 Å². The standard InChI is InChI=1S/C25H34N2O4/c1-23(2,3)28-11-12-29-25(9-10-25)8-7-19-13-18(16-26)22(17-27-19)30-20-14-21(15-20)31-24(4,5)6/h13,17,20-21H,9-12,14-15H2,1-6H3. The maximum Gasteiger partial charge on any atom is 0.155 e. The largest absolute Gasteiger partial charge is 0.487 e. The molecule has 0 radical (unpaired) electrons. The Morgan fingerprint density at radius 2 is 1.77 bits per heavy atom. The van der Waals surface area contributed by atoms with Crippen LogP contribution in [0.3, 0.4) is 0 Å². The van der Waals surface area contributed by atoms with Crippen molar-refractivity contribution in [2.24, 2.45) is 0 Å². The maximum atomic E-state index is 9.53. The molecule has 0 atom stereocenters. The van der Waals surface area contributed by atoms with E-state index < -0.39 is 5.60 Å². The molecule has 0 unspecified atom stereocenters. The number of aromatic nitrogens is 1. The third-order valence-electron chi connectivity index (χ3n) is 4.97. The number of hydrogen-bond donors (Lipinski definition) is 0. The van der Waals surface area contributed by atoms with Crippen molar-refractivity contribution in [3.8, 4) is 23.7 Å². The van der Waals surface area contributed by atoms with Crippen LogP contribution >= 0.6 is 0 Å². The zero-order valence-corrected chi connectivity index (χ0v) is 19.6. The van der Waals surface area contributed by atoms with Crippen molar-refractivity contribution in [3.05, 3.63) is 23.5 Å². The summed E-state index contributed by atoms with van der Waals surface area (Å²) in [5.74, 6) is 6.76. The Morgan fingerprint density at radius 3 is 2.35 bits per heavy atom. The average Bonchev–Trinajstić information content (AvgIpc) is 3.41. The van der Waals surface area contributed by atoms with Gasteiger partial charge in [-0.3, -0.25) is 0 Å². The first-order valence-electron chi connectivity index (χ1n) is 11.0. The van der Waals surface area contributed by atoms with Gasteiger partial charge in [0.2, 0.25) is 0 Å². The molecule has 6 heteroatoms. The average molecular weight is 427 g/mol. The smallest absolute Gasteiger partial charge is 0.155 e. The highest BCUT2D eigenvalue weighted by atomic mass is 16.5. The highest BCUT2D eigenvalue weighted by Gasteiger charge is 2.42. The zero-order chi connectivity index (χ0) is 22.7. The predicted octanol–water partition coefficient (Wildman–Crippen LogP) is 4.39. The van der Waals surface area contributed by atoms with E-state index in [4.69, 9.17) is 18.9 Å². The van der Waals surface area contributed by atoms with Crippen molar-refractivity contribution in [1.29, 1.82) is 5.26 Å². The fourth-order valence-corrected chi connectivity index (χ4v) is 3.26. The molecule has 0 aromatic carbocycles. The molecule has 0 saturated heterocycles. The fraction of sp³-hybridized carbons (Fsp3) is 0.680. The third-order valence-corrected chi connectivity index (χ3v) is 4.97. The van der Waals surface area contributed by atoms with Crippen LogP contribution in [0.25, 0.3) is 0 Å². The second-order valence-electron chi connectivity index (χ2n) is 10.3. The molecule has 0 aliphatic heterocycles. The highest BCUT2D eigenvalue weighted by molar-refractivity contribution is 5.46. The summed E-state index contributed by atoms with van der Waals surface area (Å²) < 4.78 is 23.5. The normalized spacial score (nSPS) is 22.0. The van der Waals surface area contributed by atoms with Crippen molar-refractivity contribution in [1.82, 2.24) is 4.98 Å². The van der Waals surface area contributed by atoms with Crippen LogP contribution in [0.15, 0.2) is 12.3 Å². The molecule has 6 nitrogen and oxygen atoms in total. The molecular formula is C25H34N2O4. The summed E-state index contributed by atoms with van der Waals surface area (Å²) in [6, 6.07) is 3.88. The molecule has 1 aromatic heterocycles. The van der Waals surface area contributed by atoms with Gasteiger partial charge in [0.25, 0.3) is 0 Å². The molecule has 168 valence electrons. The molecule has 1 heterocycles. The quantitative estimate of drug-likeness (QED) is 0.475. The van der Waals surface area contributed by atoms with Gasteiger partial charge in [-0.05, 0) is 66.4 Å². The van der Waals surface area contributed by atoms with Crippen LogP contribution in [0.4, 0.5) is 0 Å². The van der Waals surface area contributed by atoms with E-state index in [2.05, 4.69) is 43.7 Å². The molecule has 2 aliphatic carbocycles. The van der Waals surface area contributed by atoms with Gasteiger partial charge < -0.3 is 18.9 Å². The van der Waals surface area contributed by atoms with Gasteiger partial charge in [0.1, 0.15) is 23.5 Å². The van der Waals surface area contributed by atoms with Crippen molar-refractivity contribution in [2.75, 3.05) is 13.2 Å². The monoisotopic (exact) mass is 426 g/mol. The van der Waals surface area contributed by atoms with Gasteiger partial charge in [-0.15, -0.1) is 0 Å². The number of nitrogens with zero attached hydrogens (tertiary/aromatic N) is 2. The first kappa shape index (κ1) is 23.5. The van der Waals surface area contributed by atoms with Gasteiger partial charge in [-0.2, -0.15) is 5.26 Å². The topological polar surface area (TPSA) is 73.6 Å². The van der Waals surface area contributed by atoms with Crippen LogP contribution in [0.2, 0.25) is 0 Å². The molecule has 0 N–H and O–H groups in total. The Bertz CT molecular complexity index is 870. The van der Waals surface area contributed by atoms with Crippen molar-refractivity contribution < 1.29 is 18.9 Å². The molecule has 2 saturated carbocycles. The van der Waals surface area contributed by atoms with E-state index in [1.807, 2.05) is 20.8 Å². The lowest BCUT2D eigenvalue weighted by Crippen LogP contribution is -2.43. The summed E-state index contributed by atoms with van der Waals surface area (Å²) in [5.41, 5.74) is 0.264. The van der Waals surface area contributed by atoms with Crippen molar-refractivity contribution in [2.45, 2.75) is 96.2 Å². The van der Waals surface area contributed by atoms with Gasteiger partial charge in [0.05, 0.1) is 42.3 Å². The summed E-state index contributed by atoms with van der Waals surface area (Å²) in [6.07, 6.45) is 5.31. The molecule has 2 fully saturated rings. The van der Waals surface area contributed by atoms with E-state index >= 15 is 0 Å². The number of hydrogen-bond acceptors (Lipinski definition) is 6. The van der Waals surface area contributed by atoms with Crippen LogP contribution in [0, 0.1) is 23.2 Å². The van der Waals surface area contributed by atoms with Gasteiger partial charge in [-0.1, -0.05) is 5.92 Å². The van der Waals surface area contributed by atoms with E-state index in [1.165, 1.54) is 0 Å². The SMILES string of the molecule is CC(C)(C)OCCOC1(C#Cc2cc(C#N)c(OC3CC(OC(C)(C)C)C3)cn2)CC1. The fourth-order valence-electron chi connectivity index (χ4n) is 3.26. The van der Waals surface area contributed by atoms with Gasteiger partial charge in [-0.25, -0.2) is 4.98 Å². The Balaban J connectivity index is 1.53. The lowest BCUT2D eigenvalue weighted by atomic mass is 9.91. The Morgan fingerprint density at radius 1 is 1.06 bits per heavy atom. The highest BCUT2D eigenvalue weighted by Crippen LogP contribution is 2.39. The summed E-state index contributed by atoms with van der Waals surface area (Å²) in [7, 11) is 0. The number of ether oxygens (including phenoxy) is 4. The minimum atomic E-state index is -0.404. The molecular weight excluding hydrogens is 392 g/mol. The molecule has 2 aliphatic rings. The van der Waals surface area contributed by atoms with Gasteiger partial charge in [0.15, 0.2) is 5.75 Å². The van der Waals surface area contributed by atoms with Crippen LogP contribution in [0.5, 0.6) is 5.75 Å². The van der Waals surface area contributed by atoms with Crippen LogP contribution in [0.1, 0.15) is 78.5 Å². The summed E-state index contributed by atoms with van der Waals surface area (Å²) in [6.45, 7) is 13.3. The lowest BCUT2D eigenvalue weighted by molar-refractivity contribution is -0.126.